The van der Waals surface area contributed by atoms with Crippen molar-refractivity contribution in [2.45, 2.75) is 43.5 Å². The summed E-state index contributed by atoms with van der Waals surface area (Å²) in [5.41, 5.74) is 4.01. The Morgan fingerprint density at radius 3 is 2.89 bits per heavy atom. The first kappa shape index (κ1) is 19.7. The fraction of sp³-hybridized carbons (Fsp3) is 0.688. The third kappa shape index (κ3) is 3.54. The Labute approximate surface area is 165 Å². The predicted molar refractivity (Wildman–Crippen MR) is 98.6 cm³/mol. The van der Waals surface area contributed by atoms with Crippen LogP contribution in [0.1, 0.15) is 19.1 Å². The van der Waals surface area contributed by atoms with E-state index in [4.69, 9.17) is 21.1 Å². The number of anilines is 1. The van der Waals surface area contributed by atoms with Crippen LogP contribution in [0.4, 0.5) is 5.82 Å². The second kappa shape index (κ2) is 8.03. The summed E-state index contributed by atoms with van der Waals surface area (Å²) >= 11 is 6.11. The van der Waals surface area contributed by atoms with Crippen molar-refractivity contribution in [3.63, 3.8) is 0 Å². The van der Waals surface area contributed by atoms with Crippen LogP contribution in [0.25, 0.3) is 11.2 Å². The molecule has 28 heavy (non-hydrogen) atoms. The molecule has 4 rings (SSSR count). The number of halogens is 1. The van der Waals surface area contributed by atoms with Crippen LogP contribution < -0.4 is 5.43 Å². The van der Waals surface area contributed by atoms with Gasteiger partial charge in [-0.25, -0.2) is 9.99 Å². The van der Waals surface area contributed by atoms with Crippen molar-refractivity contribution in [3.8, 4) is 0 Å². The second-order valence-electron chi connectivity index (χ2n) is 6.95. The highest BCUT2D eigenvalue weighted by Gasteiger charge is 2.44. The number of hydrogen-bond acceptors (Lipinski definition) is 10. The van der Waals surface area contributed by atoms with Crippen LogP contribution in [0.15, 0.2) is 6.33 Å². The van der Waals surface area contributed by atoms with Crippen LogP contribution in [-0.4, -0.2) is 91.1 Å². The van der Waals surface area contributed by atoms with Crippen molar-refractivity contribution in [3.05, 3.63) is 11.6 Å². The van der Waals surface area contributed by atoms with Gasteiger partial charge >= 0.3 is 0 Å². The third-order valence-corrected chi connectivity index (χ3v) is 5.33. The van der Waals surface area contributed by atoms with Gasteiger partial charge in [0.2, 0.25) is 5.28 Å². The molecule has 0 bridgehead atoms. The summed E-state index contributed by atoms with van der Waals surface area (Å²) in [5.74, 6) is 0.428. The first-order valence-electron chi connectivity index (χ1n) is 9.08. The van der Waals surface area contributed by atoms with Gasteiger partial charge in [0, 0.05) is 20.2 Å². The molecule has 4 N–H and O–H groups in total. The summed E-state index contributed by atoms with van der Waals surface area (Å²) in [6, 6.07) is 0. The highest BCUT2D eigenvalue weighted by Crippen LogP contribution is 2.33. The molecule has 0 amide bonds. The SMILES string of the molecule is COC1CCCN(Nc2nc(Cl)nc3c2ncn3[C@@H]2O[C@H](CO)[C@@H](O)[C@H]2O)C1. The van der Waals surface area contributed by atoms with Crippen LogP contribution in [0.2, 0.25) is 5.28 Å². The molecule has 12 heteroatoms. The molecule has 2 saturated heterocycles. The Hall–Kier alpha value is -1.60. The molecular formula is C16H23ClN6O5. The molecule has 4 heterocycles. The topological polar surface area (TPSA) is 138 Å². The number of aromatic nitrogens is 4. The summed E-state index contributed by atoms with van der Waals surface area (Å²) in [5, 5.41) is 31.6. The fourth-order valence-corrected chi connectivity index (χ4v) is 3.81. The van der Waals surface area contributed by atoms with E-state index in [1.807, 2.05) is 5.01 Å². The van der Waals surface area contributed by atoms with E-state index in [-0.39, 0.29) is 11.4 Å². The molecule has 0 radical (unpaired) electrons. The zero-order valence-electron chi connectivity index (χ0n) is 15.3. The van der Waals surface area contributed by atoms with E-state index in [1.54, 1.807) is 7.11 Å². The van der Waals surface area contributed by atoms with Crippen LogP contribution in [-0.2, 0) is 9.47 Å². The normalized spacial score (nSPS) is 31.5. The monoisotopic (exact) mass is 414 g/mol. The van der Waals surface area contributed by atoms with E-state index in [0.717, 1.165) is 19.4 Å². The Morgan fingerprint density at radius 2 is 2.18 bits per heavy atom. The molecule has 2 aromatic heterocycles. The first-order valence-corrected chi connectivity index (χ1v) is 9.46. The molecule has 0 saturated carbocycles. The lowest BCUT2D eigenvalue weighted by Crippen LogP contribution is -2.42. The van der Waals surface area contributed by atoms with Crippen molar-refractivity contribution in [2.75, 3.05) is 32.2 Å². The molecule has 2 fully saturated rings. The van der Waals surface area contributed by atoms with Gasteiger partial charge in [-0.2, -0.15) is 9.97 Å². The van der Waals surface area contributed by atoms with Gasteiger partial charge in [-0.3, -0.25) is 4.57 Å². The Morgan fingerprint density at radius 1 is 1.36 bits per heavy atom. The summed E-state index contributed by atoms with van der Waals surface area (Å²) in [4.78, 5) is 12.8. The zero-order chi connectivity index (χ0) is 19.8. The van der Waals surface area contributed by atoms with Crippen LogP contribution in [0, 0.1) is 0 Å². The molecule has 2 aromatic rings. The maximum Gasteiger partial charge on any atom is 0.226 e. The van der Waals surface area contributed by atoms with Crippen LogP contribution in [0.3, 0.4) is 0 Å². The van der Waals surface area contributed by atoms with E-state index >= 15 is 0 Å². The highest BCUT2D eigenvalue weighted by atomic mass is 35.5. The van der Waals surface area contributed by atoms with Crippen molar-refractivity contribution >= 4 is 28.6 Å². The molecule has 2 aliphatic heterocycles. The smallest absolute Gasteiger partial charge is 0.226 e. The number of rotatable bonds is 5. The number of methoxy groups -OCH3 is 1. The van der Waals surface area contributed by atoms with E-state index in [2.05, 4.69) is 20.4 Å². The lowest BCUT2D eigenvalue weighted by atomic mass is 10.1. The minimum atomic E-state index is -1.25. The van der Waals surface area contributed by atoms with Gasteiger partial charge in [-0.05, 0) is 24.4 Å². The Kier molecular flexibility index (Phi) is 5.65. The largest absolute Gasteiger partial charge is 0.394 e. The van der Waals surface area contributed by atoms with Crippen molar-refractivity contribution < 1.29 is 24.8 Å². The second-order valence-corrected chi connectivity index (χ2v) is 7.29. The molecule has 2 aliphatic rings. The van der Waals surface area contributed by atoms with Gasteiger partial charge < -0.3 is 30.2 Å². The van der Waals surface area contributed by atoms with E-state index in [0.29, 0.717) is 23.5 Å². The number of ether oxygens (including phenoxy) is 2. The Bertz CT molecular complexity index is 837. The average molecular weight is 415 g/mol. The van der Waals surface area contributed by atoms with Crippen LogP contribution in [0.5, 0.6) is 0 Å². The maximum atomic E-state index is 10.3. The maximum absolute atomic E-state index is 10.3. The van der Waals surface area contributed by atoms with Gasteiger partial charge in [-0.1, -0.05) is 0 Å². The molecule has 0 spiro atoms. The summed E-state index contributed by atoms with van der Waals surface area (Å²) < 4.78 is 12.5. The third-order valence-electron chi connectivity index (χ3n) is 5.16. The molecule has 154 valence electrons. The molecular weight excluding hydrogens is 392 g/mol. The number of hydrogen-bond donors (Lipinski definition) is 4. The number of imidazole rings is 1. The number of fused-ring (bicyclic) bond motifs is 1. The van der Waals surface area contributed by atoms with Gasteiger partial charge in [-0.15, -0.1) is 0 Å². The minimum absolute atomic E-state index is 0.00351. The molecule has 5 atom stereocenters. The van der Waals surface area contributed by atoms with Gasteiger partial charge in [0.05, 0.1) is 19.0 Å². The van der Waals surface area contributed by atoms with Gasteiger partial charge in [0.25, 0.3) is 0 Å². The standard InChI is InChI=1S/C16H23ClN6O5/c1-27-8-3-2-4-22(5-8)21-13-10-14(20-16(17)19-13)23(7-18-10)15-12(26)11(25)9(6-24)28-15/h7-9,11-12,15,24-26H,2-6H2,1H3,(H,19,20,21)/t8?,9-,11-,12-,15-/m1/s1. The fourth-order valence-electron chi connectivity index (χ4n) is 3.65. The summed E-state index contributed by atoms with van der Waals surface area (Å²) in [7, 11) is 1.69. The van der Waals surface area contributed by atoms with E-state index in [9.17, 15) is 15.3 Å². The number of piperidine rings is 1. The molecule has 11 nitrogen and oxygen atoms in total. The minimum Gasteiger partial charge on any atom is -0.394 e. The zero-order valence-corrected chi connectivity index (χ0v) is 16.0. The predicted octanol–water partition coefficient (Wildman–Crippen LogP) is -0.471. The average Bonchev–Trinajstić information content (AvgIpc) is 3.23. The van der Waals surface area contributed by atoms with E-state index in [1.165, 1.54) is 10.9 Å². The quantitative estimate of drug-likeness (QED) is 0.475. The number of nitrogens with one attached hydrogen (secondary N) is 1. The van der Waals surface area contributed by atoms with Crippen molar-refractivity contribution in [1.29, 1.82) is 0 Å². The highest BCUT2D eigenvalue weighted by molar-refractivity contribution is 6.28. The van der Waals surface area contributed by atoms with E-state index < -0.39 is 31.1 Å². The summed E-state index contributed by atoms with van der Waals surface area (Å²) in [6.45, 7) is 1.09. The number of aliphatic hydroxyl groups excluding tert-OH is 3. The lowest BCUT2D eigenvalue weighted by Gasteiger charge is -2.32. The first-order chi connectivity index (χ1) is 13.5. The lowest BCUT2D eigenvalue weighted by molar-refractivity contribution is -0.0511. The molecule has 0 aromatic carbocycles. The summed E-state index contributed by atoms with van der Waals surface area (Å²) in [6.07, 6.45) is -0.777. The van der Waals surface area contributed by atoms with Gasteiger partial charge in [0.1, 0.15) is 18.3 Å². The van der Waals surface area contributed by atoms with Gasteiger partial charge in [0.15, 0.2) is 23.2 Å². The number of aliphatic hydroxyl groups is 3. The van der Waals surface area contributed by atoms with Crippen molar-refractivity contribution in [2.24, 2.45) is 0 Å². The number of nitrogens with zero attached hydrogens (tertiary/aromatic N) is 5. The molecule has 1 unspecified atom stereocenters. The van der Waals surface area contributed by atoms with Crippen molar-refractivity contribution in [1.82, 2.24) is 24.5 Å². The Balaban J connectivity index is 1.64. The number of hydrazine groups is 1. The van der Waals surface area contributed by atoms with Crippen LogP contribution >= 0.6 is 11.6 Å². The molecule has 0 aliphatic carbocycles.